The van der Waals surface area contributed by atoms with E-state index in [4.69, 9.17) is 4.98 Å². The first-order valence-electron chi connectivity index (χ1n) is 11.4. The van der Waals surface area contributed by atoms with E-state index in [0.29, 0.717) is 35.0 Å². The molecule has 0 saturated carbocycles. The summed E-state index contributed by atoms with van der Waals surface area (Å²) >= 11 is 0. The number of pyridine rings is 1. The van der Waals surface area contributed by atoms with Gasteiger partial charge < -0.3 is 5.32 Å². The molecule has 3 aromatic carbocycles. The molecule has 5 rings (SSSR count). The second-order valence-corrected chi connectivity index (χ2v) is 8.44. The number of nitrogens with zero attached hydrogens (tertiary/aromatic N) is 1. The molecule has 166 valence electrons. The maximum absolute atomic E-state index is 14.4. The van der Waals surface area contributed by atoms with Crippen LogP contribution in [-0.2, 0) is 12.8 Å². The summed E-state index contributed by atoms with van der Waals surface area (Å²) in [6.07, 6.45) is 3.08. The largest absolute Gasteiger partial charge is 0.352 e. The molecule has 3 nitrogen and oxygen atoms in total. The first-order valence-corrected chi connectivity index (χ1v) is 11.4. The Kier molecular flexibility index (Phi) is 5.63. The smallest absolute Gasteiger partial charge is 0.252 e. The van der Waals surface area contributed by atoms with Gasteiger partial charge in [0.15, 0.2) is 0 Å². The average Bonchev–Trinajstić information content (AvgIpc) is 3.00. The second kappa shape index (κ2) is 8.74. The maximum atomic E-state index is 14.4. The normalized spacial score (nSPS) is 12.7. The summed E-state index contributed by atoms with van der Waals surface area (Å²) in [7, 11) is 0. The van der Waals surface area contributed by atoms with Crippen LogP contribution in [0.2, 0.25) is 0 Å². The van der Waals surface area contributed by atoms with Gasteiger partial charge in [0, 0.05) is 23.1 Å². The lowest BCUT2D eigenvalue weighted by molar-refractivity contribution is 0.0954. The number of aromatic nitrogens is 1. The van der Waals surface area contributed by atoms with E-state index in [1.807, 2.05) is 31.2 Å². The van der Waals surface area contributed by atoms with Gasteiger partial charge in [0.2, 0.25) is 0 Å². The van der Waals surface area contributed by atoms with Gasteiger partial charge in [0.25, 0.3) is 5.91 Å². The Labute approximate surface area is 191 Å². The van der Waals surface area contributed by atoms with Gasteiger partial charge in [-0.15, -0.1) is 0 Å². The van der Waals surface area contributed by atoms with Gasteiger partial charge >= 0.3 is 0 Å². The van der Waals surface area contributed by atoms with E-state index in [1.165, 1.54) is 18.2 Å². The van der Waals surface area contributed by atoms with Crippen molar-refractivity contribution >= 4 is 16.8 Å². The van der Waals surface area contributed by atoms with Crippen molar-refractivity contribution in [1.82, 2.24) is 10.3 Å². The zero-order valence-electron chi connectivity index (χ0n) is 18.4. The number of aryl methyl sites for hydroxylation is 1. The average molecular weight is 443 g/mol. The standard InChI is InChI=1S/C28H24F2N2O/c1-2-14-31-28(33)26-22-8-5-6-17-15-18(20-7-3-4-9-24(20)30)10-12-21(17)27(22)32-25-13-11-19(29)16-23(25)26/h3-4,7,9-13,15-16H,2,5-6,8,14H2,1H3,(H,31,33). The molecule has 1 aliphatic rings. The van der Waals surface area contributed by atoms with E-state index < -0.39 is 5.82 Å². The minimum absolute atomic E-state index is 0.197. The van der Waals surface area contributed by atoms with Crippen LogP contribution in [0.4, 0.5) is 8.78 Å². The van der Waals surface area contributed by atoms with Crippen LogP contribution < -0.4 is 5.32 Å². The van der Waals surface area contributed by atoms with Crippen LogP contribution in [0.5, 0.6) is 0 Å². The van der Waals surface area contributed by atoms with E-state index >= 15 is 0 Å². The molecule has 33 heavy (non-hydrogen) atoms. The van der Waals surface area contributed by atoms with E-state index in [9.17, 15) is 13.6 Å². The van der Waals surface area contributed by atoms with Gasteiger partial charge in [-0.1, -0.05) is 43.3 Å². The topological polar surface area (TPSA) is 42.0 Å². The van der Waals surface area contributed by atoms with Crippen LogP contribution in [0.1, 0.15) is 41.3 Å². The molecule has 1 aromatic heterocycles. The third-order valence-corrected chi connectivity index (χ3v) is 6.23. The first kappa shape index (κ1) is 21.3. The molecule has 0 unspecified atom stereocenters. The van der Waals surface area contributed by atoms with Crippen LogP contribution in [0.15, 0.2) is 60.7 Å². The Morgan fingerprint density at radius 3 is 2.67 bits per heavy atom. The number of carbonyl (C=O) groups is 1. The summed E-state index contributed by atoms with van der Waals surface area (Å²) < 4.78 is 28.5. The number of halogens is 2. The third-order valence-electron chi connectivity index (χ3n) is 6.23. The zero-order valence-corrected chi connectivity index (χ0v) is 18.4. The molecular formula is C28H24F2N2O. The summed E-state index contributed by atoms with van der Waals surface area (Å²) in [5.41, 5.74) is 6.09. The summed E-state index contributed by atoms with van der Waals surface area (Å²) in [4.78, 5) is 18.1. The predicted octanol–water partition coefficient (Wildman–Crippen LogP) is 6.48. The van der Waals surface area contributed by atoms with Crippen LogP contribution in [-0.4, -0.2) is 17.4 Å². The molecule has 0 saturated heterocycles. The predicted molar refractivity (Wildman–Crippen MR) is 127 cm³/mol. The second-order valence-electron chi connectivity index (χ2n) is 8.44. The van der Waals surface area contributed by atoms with Crippen LogP contribution in [0.3, 0.4) is 0 Å². The maximum Gasteiger partial charge on any atom is 0.252 e. The van der Waals surface area contributed by atoms with Crippen LogP contribution in [0.25, 0.3) is 33.3 Å². The number of nitrogens with one attached hydrogen (secondary N) is 1. The molecule has 0 radical (unpaired) electrons. The number of benzene rings is 3. The highest BCUT2D eigenvalue weighted by molar-refractivity contribution is 6.09. The molecule has 0 bridgehead atoms. The van der Waals surface area contributed by atoms with Crippen LogP contribution in [0, 0.1) is 11.6 Å². The van der Waals surface area contributed by atoms with E-state index in [0.717, 1.165) is 47.2 Å². The van der Waals surface area contributed by atoms with Crippen LogP contribution >= 0.6 is 0 Å². The fraction of sp³-hybridized carbons (Fsp3) is 0.214. The Morgan fingerprint density at radius 2 is 1.85 bits per heavy atom. The van der Waals surface area contributed by atoms with Crippen molar-refractivity contribution in [3.63, 3.8) is 0 Å². The van der Waals surface area contributed by atoms with Crippen molar-refractivity contribution in [3.8, 4) is 22.4 Å². The van der Waals surface area contributed by atoms with Crippen molar-refractivity contribution in [2.24, 2.45) is 0 Å². The monoisotopic (exact) mass is 442 g/mol. The number of carbonyl (C=O) groups excluding carboxylic acids is 1. The summed E-state index contributed by atoms with van der Waals surface area (Å²) in [5.74, 6) is -0.845. The Bertz CT molecular complexity index is 1380. The molecule has 0 fully saturated rings. The molecule has 5 heteroatoms. The zero-order chi connectivity index (χ0) is 22.9. The number of amides is 1. The molecule has 1 amide bonds. The van der Waals surface area contributed by atoms with E-state index in [2.05, 4.69) is 5.32 Å². The SMILES string of the molecule is CCCNC(=O)c1c2c(nc3ccc(F)cc13)-c1ccc(-c3ccccc3F)cc1CCC2. The van der Waals surface area contributed by atoms with Crippen molar-refractivity contribution in [1.29, 1.82) is 0 Å². The lowest BCUT2D eigenvalue weighted by atomic mass is 9.93. The summed E-state index contributed by atoms with van der Waals surface area (Å²) in [6, 6.07) is 17.0. The Balaban J connectivity index is 1.72. The lowest BCUT2D eigenvalue weighted by Gasteiger charge is -2.17. The number of hydrogen-bond donors (Lipinski definition) is 1. The number of rotatable bonds is 4. The molecule has 0 atom stereocenters. The van der Waals surface area contributed by atoms with Gasteiger partial charge in [0.1, 0.15) is 11.6 Å². The quantitative estimate of drug-likeness (QED) is 0.393. The fourth-order valence-electron chi connectivity index (χ4n) is 4.68. The van der Waals surface area contributed by atoms with Gasteiger partial charge in [-0.05, 0) is 66.6 Å². The molecule has 1 heterocycles. The Morgan fingerprint density at radius 1 is 1.00 bits per heavy atom. The van der Waals surface area contributed by atoms with E-state index in [-0.39, 0.29) is 11.7 Å². The highest BCUT2D eigenvalue weighted by Gasteiger charge is 2.25. The third kappa shape index (κ3) is 3.88. The summed E-state index contributed by atoms with van der Waals surface area (Å²) in [5, 5.41) is 3.50. The highest BCUT2D eigenvalue weighted by Crippen LogP contribution is 2.38. The van der Waals surface area contributed by atoms with Gasteiger partial charge in [-0.2, -0.15) is 0 Å². The fourth-order valence-corrected chi connectivity index (χ4v) is 4.68. The molecule has 4 aromatic rings. The number of hydrogen-bond acceptors (Lipinski definition) is 2. The minimum Gasteiger partial charge on any atom is -0.352 e. The minimum atomic E-state index is -0.391. The highest BCUT2D eigenvalue weighted by atomic mass is 19.1. The van der Waals surface area contributed by atoms with Crippen molar-refractivity contribution in [2.75, 3.05) is 6.54 Å². The molecule has 0 spiro atoms. The van der Waals surface area contributed by atoms with E-state index in [1.54, 1.807) is 18.2 Å². The molecule has 1 N–H and O–H groups in total. The van der Waals surface area contributed by atoms with Crippen molar-refractivity contribution < 1.29 is 13.6 Å². The lowest BCUT2D eigenvalue weighted by Crippen LogP contribution is -2.26. The van der Waals surface area contributed by atoms with Gasteiger partial charge in [-0.3, -0.25) is 4.79 Å². The first-order chi connectivity index (χ1) is 16.1. The van der Waals surface area contributed by atoms with Gasteiger partial charge in [0.05, 0.1) is 16.8 Å². The number of fused-ring (bicyclic) bond motifs is 4. The van der Waals surface area contributed by atoms with Crippen molar-refractivity contribution in [2.45, 2.75) is 32.6 Å². The molecule has 0 aliphatic heterocycles. The van der Waals surface area contributed by atoms with Gasteiger partial charge in [-0.25, -0.2) is 13.8 Å². The van der Waals surface area contributed by atoms with Crippen molar-refractivity contribution in [3.05, 3.63) is 89.0 Å². The summed E-state index contributed by atoms with van der Waals surface area (Å²) in [6.45, 7) is 2.55. The molecular weight excluding hydrogens is 418 g/mol. The Hall–Kier alpha value is -3.60. The molecule has 1 aliphatic carbocycles.